The summed E-state index contributed by atoms with van der Waals surface area (Å²) < 4.78 is 6.05. The van der Waals surface area contributed by atoms with Gasteiger partial charge in [-0.2, -0.15) is 0 Å². The van der Waals surface area contributed by atoms with Crippen LogP contribution in [-0.2, 0) is 6.54 Å². The zero-order chi connectivity index (χ0) is 21.4. The van der Waals surface area contributed by atoms with Crippen LogP contribution < -0.4 is 10.1 Å². The highest BCUT2D eigenvalue weighted by Gasteiger charge is 2.41. The third-order valence-electron chi connectivity index (χ3n) is 6.41. The maximum absolute atomic E-state index is 13.3. The number of rotatable bonds is 6. The van der Waals surface area contributed by atoms with Gasteiger partial charge in [-0.3, -0.25) is 9.69 Å². The molecule has 0 radical (unpaired) electrons. The van der Waals surface area contributed by atoms with Gasteiger partial charge in [-0.25, -0.2) is 4.98 Å². The molecule has 2 aromatic heterocycles. The second-order valence-corrected chi connectivity index (χ2v) is 9.97. The topological polar surface area (TPSA) is 54.5 Å². The number of ether oxygens (including phenoxy) is 1. The number of thiophene rings is 1. The smallest absolute Gasteiger partial charge is 0.265 e. The first-order valence-corrected chi connectivity index (χ1v) is 12.0. The summed E-state index contributed by atoms with van der Waals surface area (Å²) in [4.78, 5) is 21.8. The van der Waals surface area contributed by atoms with E-state index in [0.717, 1.165) is 29.6 Å². The minimum Gasteiger partial charge on any atom is -0.489 e. The van der Waals surface area contributed by atoms with E-state index >= 15 is 0 Å². The van der Waals surface area contributed by atoms with Crippen LogP contribution in [-0.4, -0.2) is 40.0 Å². The molecule has 1 amide bonds. The summed E-state index contributed by atoms with van der Waals surface area (Å²) in [5.74, 6) is 0.643. The fourth-order valence-corrected chi connectivity index (χ4v) is 6.09. The van der Waals surface area contributed by atoms with Crippen molar-refractivity contribution in [3.8, 4) is 5.75 Å². The Morgan fingerprint density at radius 2 is 1.90 bits per heavy atom. The lowest BCUT2D eigenvalue weighted by Gasteiger charge is -2.39. The van der Waals surface area contributed by atoms with Crippen molar-refractivity contribution in [1.29, 1.82) is 0 Å². The molecule has 4 heterocycles. The Morgan fingerprint density at radius 1 is 1.16 bits per heavy atom. The number of amides is 1. The summed E-state index contributed by atoms with van der Waals surface area (Å²) in [6, 6.07) is 15.9. The van der Waals surface area contributed by atoms with Crippen LogP contribution in [0.5, 0.6) is 5.75 Å². The Morgan fingerprint density at radius 3 is 2.61 bits per heavy atom. The minimum atomic E-state index is -0.0282. The zero-order valence-corrected chi connectivity index (χ0v) is 18.9. The van der Waals surface area contributed by atoms with Crippen LogP contribution in [0.2, 0.25) is 0 Å². The van der Waals surface area contributed by atoms with Gasteiger partial charge in [-0.1, -0.05) is 30.3 Å². The first-order valence-electron chi connectivity index (χ1n) is 11.2. The molecule has 2 aliphatic rings. The van der Waals surface area contributed by atoms with Crippen molar-refractivity contribution >= 4 is 27.5 Å². The van der Waals surface area contributed by atoms with E-state index in [-0.39, 0.29) is 18.1 Å². The number of carbonyl (C=O) groups is 1. The normalized spacial score (nSPS) is 23.4. The van der Waals surface area contributed by atoms with E-state index in [1.807, 2.05) is 26.0 Å². The van der Waals surface area contributed by atoms with Gasteiger partial charge in [0.1, 0.15) is 9.71 Å². The number of piperidine rings is 1. The van der Waals surface area contributed by atoms with Gasteiger partial charge in [-0.15, -0.1) is 11.3 Å². The summed E-state index contributed by atoms with van der Waals surface area (Å²) in [6.45, 7) is 4.98. The predicted octanol–water partition coefficient (Wildman–Crippen LogP) is 5.01. The molecule has 2 aliphatic heterocycles. The van der Waals surface area contributed by atoms with Gasteiger partial charge >= 0.3 is 0 Å². The Bertz CT molecular complexity index is 1050. The summed E-state index contributed by atoms with van der Waals surface area (Å²) in [5, 5.41) is 4.25. The molecule has 31 heavy (non-hydrogen) atoms. The van der Waals surface area contributed by atoms with Crippen LogP contribution >= 0.6 is 11.3 Å². The number of fused-ring (bicyclic) bond motifs is 3. The number of nitrogens with zero attached hydrogens (tertiary/aromatic N) is 2. The van der Waals surface area contributed by atoms with E-state index in [1.54, 1.807) is 6.20 Å². The molecular weight excluding hydrogens is 406 g/mol. The van der Waals surface area contributed by atoms with Gasteiger partial charge in [0, 0.05) is 30.9 Å². The molecule has 1 aromatic carbocycles. The molecule has 3 aromatic rings. The van der Waals surface area contributed by atoms with E-state index in [0.29, 0.717) is 22.7 Å². The number of hydrogen-bond acceptors (Lipinski definition) is 5. The predicted molar refractivity (Wildman–Crippen MR) is 125 cm³/mol. The van der Waals surface area contributed by atoms with Crippen LogP contribution in [0, 0.1) is 0 Å². The van der Waals surface area contributed by atoms with Crippen LogP contribution in [0.25, 0.3) is 10.2 Å². The van der Waals surface area contributed by atoms with Crippen molar-refractivity contribution in [2.45, 2.75) is 70.3 Å². The van der Waals surface area contributed by atoms with E-state index in [9.17, 15) is 4.79 Å². The molecule has 2 fully saturated rings. The van der Waals surface area contributed by atoms with Crippen molar-refractivity contribution in [2.24, 2.45) is 0 Å². The maximum atomic E-state index is 13.3. The SMILES string of the molecule is CC(C)Oc1c(C(=O)NC2CC3CCC(C2)N3Cc2ccccc2)sc2ncccc12. The average molecular weight is 436 g/mol. The zero-order valence-electron chi connectivity index (χ0n) is 18.1. The van der Waals surface area contributed by atoms with E-state index in [1.165, 1.54) is 29.7 Å². The van der Waals surface area contributed by atoms with Gasteiger partial charge in [0.25, 0.3) is 5.91 Å². The summed E-state index contributed by atoms with van der Waals surface area (Å²) in [6.07, 6.45) is 6.23. The second-order valence-electron chi connectivity index (χ2n) is 8.97. The molecule has 162 valence electrons. The van der Waals surface area contributed by atoms with Gasteiger partial charge in [0.2, 0.25) is 0 Å². The fraction of sp³-hybridized carbons (Fsp3) is 0.440. The molecule has 2 saturated heterocycles. The highest BCUT2D eigenvalue weighted by molar-refractivity contribution is 7.20. The second kappa shape index (κ2) is 8.60. The highest BCUT2D eigenvalue weighted by atomic mass is 32.1. The van der Waals surface area contributed by atoms with Crippen LogP contribution in [0.3, 0.4) is 0 Å². The van der Waals surface area contributed by atoms with Gasteiger partial charge in [0.05, 0.1) is 11.5 Å². The van der Waals surface area contributed by atoms with Gasteiger partial charge in [-0.05, 0) is 57.2 Å². The lowest BCUT2D eigenvalue weighted by Crippen LogP contribution is -2.49. The third-order valence-corrected chi connectivity index (χ3v) is 7.50. The molecule has 1 N–H and O–H groups in total. The molecular formula is C25H29N3O2S. The molecule has 2 atom stereocenters. The molecule has 0 spiro atoms. The molecule has 5 rings (SSSR count). The number of aromatic nitrogens is 1. The lowest BCUT2D eigenvalue weighted by atomic mass is 9.96. The van der Waals surface area contributed by atoms with Crippen LogP contribution in [0.1, 0.15) is 54.8 Å². The Balaban J connectivity index is 1.30. The fourth-order valence-electron chi connectivity index (χ4n) is 5.11. The van der Waals surface area contributed by atoms with Crippen molar-refractivity contribution in [2.75, 3.05) is 0 Å². The molecule has 5 nitrogen and oxygen atoms in total. The Kier molecular flexibility index (Phi) is 5.67. The minimum absolute atomic E-state index is 0.00151. The van der Waals surface area contributed by atoms with Gasteiger partial charge in [0.15, 0.2) is 5.75 Å². The summed E-state index contributed by atoms with van der Waals surface area (Å²) >= 11 is 1.42. The van der Waals surface area contributed by atoms with Gasteiger partial charge < -0.3 is 10.1 Å². The summed E-state index contributed by atoms with van der Waals surface area (Å²) in [7, 11) is 0. The van der Waals surface area contributed by atoms with Crippen molar-refractivity contribution < 1.29 is 9.53 Å². The number of pyridine rings is 1. The number of nitrogens with one attached hydrogen (secondary N) is 1. The molecule has 6 heteroatoms. The third kappa shape index (κ3) is 4.19. The molecule has 0 aliphatic carbocycles. The standard InChI is InChI=1S/C25H29N3O2S/c1-16(2)30-22-21-9-6-12-26-25(21)31-23(22)24(29)27-18-13-19-10-11-20(14-18)28(19)15-17-7-4-3-5-8-17/h3-9,12,16,18-20H,10-11,13-15H2,1-2H3,(H,27,29). The molecule has 2 bridgehead atoms. The Hall–Kier alpha value is -2.44. The quantitative estimate of drug-likeness (QED) is 0.591. The van der Waals surface area contributed by atoms with E-state index < -0.39 is 0 Å². The molecule has 0 saturated carbocycles. The summed E-state index contributed by atoms with van der Waals surface area (Å²) in [5.41, 5.74) is 1.37. The van der Waals surface area contributed by atoms with E-state index in [2.05, 4.69) is 45.5 Å². The van der Waals surface area contributed by atoms with E-state index in [4.69, 9.17) is 4.74 Å². The average Bonchev–Trinajstić information content (AvgIpc) is 3.22. The first kappa shape index (κ1) is 20.5. The number of benzene rings is 1. The van der Waals surface area contributed by atoms with Crippen molar-refractivity contribution in [1.82, 2.24) is 15.2 Å². The maximum Gasteiger partial charge on any atom is 0.265 e. The largest absolute Gasteiger partial charge is 0.489 e. The first-order chi connectivity index (χ1) is 15.1. The van der Waals surface area contributed by atoms with Crippen molar-refractivity contribution in [3.05, 3.63) is 59.1 Å². The highest BCUT2D eigenvalue weighted by Crippen LogP contribution is 2.39. The molecule has 2 unspecified atom stereocenters. The van der Waals surface area contributed by atoms with Crippen LogP contribution in [0.15, 0.2) is 48.7 Å². The monoisotopic (exact) mass is 435 g/mol. The Labute approximate surface area is 187 Å². The van der Waals surface area contributed by atoms with Crippen LogP contribution in [0.4, 0.5) is 0 Å². The number of carbonyl (C=O) groups excluding carboxylic acids is 1. The number of hydrogen-bond donors (Lipinski definition) is 1. The lowest BCUT2D eigenvalue weighted by molar-refractivity contribution is 0.0827. The van der Waals surface area contributed by atoms with Crippen molar-refractivity contribution in [3.63, 3.8) is 0 Å².